The Morgan fingerprint density at radius 2 is 1.86 bits per heavy atom. The number of nitrogens with one attached hydrogen (secondary N) is 3. The summed E-state index contributed by atoms with van der Waals surface area (Å²) in [5.41, 5.74) is -1.08. The van der Waals surface area contributed by atoms with Crippen molar-refractivity contribution in [3.63, 3.8) is 0 Å². The highest BCUT2D eigenvalue weighted by molar-refractivity contribution is 7.17. The molecule has 3 heterocycles. The van der Waals surface area contributed by atoms with Gasteiger partial charge in [0.05, 0.1) is 12.2 Å². The van der Waals surface area contributed by atoms with Crippen molar-refractivity contribution in [2.45, 2.75) is 13.1 Å². The molecule has 3 aromatic heterocycles. The Balaban J connectivity index is 2.18. The van der Waals surface area contributed by atoms with Crippen LogP contribution in [-0.2, 0) is 10.9 Å². The highest BCUT2D eigenvalue weighted by atomic mass is 32.1. The fourth-order valence-electron chi connectivity index (χ4n) is 3.08. The second-order valence-corrected chi connectivity index (χ2v) is 8.31. The number of anilines is 1. The van der Waals surface area contributed by atoms with Crippen molar-refractivity contribution in [2.24, 2.45) is 0 Å². The van der Waals surface area contributed by atoms with Crippen molar-refractivity contribution in [2.75, 3.05) is 32.1 Å². The fraction of sp³-hybridized carbons (Fsp3) is 0.273. The van der Waals surface area contributed by atoms with Crippen LogP contribution in [0.3, 0.4) is 0 Å². The lowest BCUT2D eigenvalue weighted by atomic mass is 10.0. The van der Waals surface area contributed by atoms with Crippen molar-refractivity contribution in [1.29, 1.82) is 0 Å². The van der Waals surface area contributed by atoms with Crippen LogP contribution in [0.25, 0.3) is 21.7 Å². The molecule has 196 valence electrons. The van der Waals surface area contributed by atoms with Crippen LogP contribution in [0.5, 0.6) is 0 Å². The molecule has 3 rings (SSSR count). The van der Waals surface area contributed by atoms with Crippen molar-refractivity contribution in [3.05, 3.63) is 46.9 Å². The van der Waals surface area contributed by atoms with Gasteiger partial charge in [-0.1, -0.05) is 0 Å². The van der Waals surface area contributed by atoms with Gasteiger partial charge < -0.3 is 20.5 Å². The summed E-state index contributed by atoms with van der Waals surface area (Å²) < 4.78 is 46.3. The number of carbonyl (C=O) groups excluding carboxylic acids is 2. The molecule has 0 saturated heterocycles. The number of aromatic carboxylic acids is 1. The lowest BCUT2D eigenvalue weighted by Crippen LogP contribution is -2.28. The number of pyridine rings is 2. The van der Waals surface area contributed by atoms with Crippen LogP contribution < -0.4 is 16.0 Å². The molecule has 0 spiro atoms. The van der Waals surface area contributed by atoms with Crippen LogP contribution in [0.4, 0.5) is 23.8 Å². The number of carboxylic acids is 1. The molecular weight excluding hydrogens is 517 g/mol. The predicted molar refractivity (Wildman–Crippen MR) is 127 cm³/mol. The average Bonchev–Trinajstić information content (AvgIpc) is 3.31. The van der Waals surface area contributed by atoms with Crippen molar-refractivity contribution in [1.82, 2.24) is 25.6 Å². The number of amides is 3. The van der Waals surface area contributed by atoms with Gasteiger partial charge in [0, 0.05) is 55.5 Å². The first-order chi connectivity index (χ1) is 17.5. The van der Waals surface area contributed by atoms with Crippen molar-refractivity contribution < 1.29 is 37.4 Å². The highest BCUT2D eigenvalue weighted by Crippen LogP contribution is 2.41. The van der Waals surface area contributed by atoms with Gasteiger partial charge in [-0.15, -0.1) is 11.3 Å². The number of nitrogens with zero attached hydrogens (tertiary/aromatic N) is 3. The number of methoxy groups -OCH3 is 1. The Hall–Kier alpha value is -4.11. The van der Waals surface area contributed by atoms with Crippen LogP contribution in [0.1, 0.15) is 32.6 Å². The lowest BCUT2D eigenvalue weighted by molar-refractivity contribution is -0.141. The number of carboxylic acid groups (broad SMARTS) is 1. The summed E-state index contributed by atoms with van der Waals surface area (Å²) in [7, 11) is 1.38. The van der Waals surface area contributed by atoms with Gasteiger partial charge >= 0.3 is 18.2 Å². The minimum Gasteiger partial charge on any atom is -0.478 e. The number of hydrogen-bond donors (Lipinski definition) is 4. The third kappa shape index (κ3) is 6.77. The Labute approximate surface area is 212 Å². The summed E-state index contributed by atoms with van der Waals surface area (Å²) in [6, 6.07) is 1.95. The molecule has 0 atom stereocenters. The van der Waals surface area contributed by atoms with Crippen LogP contribution >= 0.6 is 11.3 Å². The number of thiazole rings is 1. The topological polar surface area (TPSA) is 155 Å². The molecule has 0 bridgehead atoms. The molecule has 0 unspecified atom stereocenters. The van der Waals surface area contributed by atoms with Gasteiger partial charge in [0.1, 0.15) is 15.7 Å². The van der Waals surface area contributed by atoms with E-state index < -0.39 is 34.7 Å². The number of hydrogen-bond acceptors (Lipinski definition) is 8. The van der Waals surface area contributed by atoms with Crippen LogP contribution in [0, 0.1) is 0 Å². The third-order valence-electron chi connectivity index (χ3n) is 4.70. The maximum Gasteiger partial charge on any atom is 0.435 e. The zero-order valence-corrected chi connectivity index (χ0v) is 20.3. The summed E-state index contributed by atoms with van der Waals surface area (Å²) in [5, 5.41) is 16.4. The standard InChI is InChI=1S/C22H21F3N6O5S/c1-3-27-21(35)30-15-7-13(14(10-29-15)11-6-12(20(33)34)9-26-8-11)19-31-17(22(23,24)25)16(37-19)18(32)28-4-5-36-2/h6-10H,3-5H2,1-2H3,(H,28,32)(H,33,34)(H2,27,29,30,35). The Morgan fingerprint density at radius 1 is 1.11 bits per heavy atom. The van der Waals surface area contributed by atoms with E-state index in [1.165, 1.54) is 31.6 Å². The number of halogens is 3. The summed E-state index contributed by atoms with van der Waals surface area (Å²) in [5.74, 6) is -2.26. The maximum atomic E-state index is 13.8. The van der Waals surface area contributed by atoms with Gasteiger partial charge in [0.25, 0.3) is 5.91 Å². The largest absolute Gasteiger partial charge is 0.478 e. The zero-order valence-electron chi connectivity index (χ0n) is 19.5. The van der Waals surface area contributed by atoms with Crippen molar-refractivity contribution >= 4 is 35.1 Å². The molecule has 0 aliphatic heterocycles. The van der Waals surface area contributed by atoms with Crippen LogP contribution in [0.2, 0.25) is 0 Å². The average molecular weight is 539 g/mol. The minimum atomic E-state index is -4.94. The van der Waals surface area contributed by atoms with Crippen LogP contribution in [0.15, 0.2) is 30.7 Å². The first kappa shape index (κ1) is 27.5. The van der Waals surface area contributed by atoms with Gasteiger partial charge in [-0.05, 0) is 19.1 Å². The van der Waals surface area contributed by atoms with E-state index in [0.717, 1.165) is 6.20 Å². The van der Waals surface area contributed by atoms with Crippen LogP contribution in [-0.4, -0.2) is 64.8 Å². The molecule has 0 radical (unpaired) electrons. The second-order valence-electron chi connectivity index (χ2n) is 7.31. The second kappa shape index (κ2) is 11.7. The Bertz CT molecular complexity index is 1310. The van der Waals surface area contributed by atoms with Gasteiger partial charge in [0.2, 0.25) is 0 Å². The number of alkyl halides is 3. The highest BCUT2D eigenvalue weighted by Gasteiger charge is 2.40. The lowest BCUT2D eigenvalue weighted by Gasteiger charge is -2.11. The summed E-state index contributed by atoms with van der Waals surface area (Å²) >= 11 is 0.486. The van der Waals surface area contributed by atoms with Crippen molar-refractivity contribution in [3.8, 4) is 21.7 Å². The smallest absolute Gasteiger partial charge is 0.435 e. The van der Waals surface area contributed by atoms with E-state index in [9.17, 15) is 32.7 Å². The predicted octanol–water partition coefficient (Wildman–Crippen LogP) is 3.50. The number of ether oxygens (including phenoxy) is 1. The molecular formula is C22H21F3N6O5S. The molecule has 3 aromatic rings. The molecule has 11 nitrogen and oxygen atoms in total. The van der Waals surface area contributed by atoms with E-state index in [2.05, 4.69) is 30.9 Å². The molecule has 0 fully saturated rings. The van der Waals surface area contributed by atoms with E-state index in [0.29, 0.717) is 17.9 Å². The van der Waals surface area contributed by atoms with E-state index in [-0.39, 0.29) is 46.2 Å². The first-order valence-electron chi connectivity index (χ1n) is 10.6. The van der Waals surface area contributed by atoms with Gasteiger partial charge in [-0.3, -0.25) is 15.1 Å². The molecule has 4 N–H and O–H groups in total. The summed E-state index contributed by atoms with van der Waals surface area (Å²) in [4.78, 5) is 47.0. The number of rotatable bonds is 9. The number of urea groups is 1. The van der Waals surface area contributed by atoms with E-state index >= 15 is 0 Å². The molecule has 15 heteroatoms. The molecule has 0 saturated carbocycles. The molecule has 0 aliphatic rings. The molecule has 0 aliphatic carbocycles. The van der Waals surface area contributed by atoms with Gasteiger partial charge in [-0.2, -0.15) is 13.2 Å². The van der Waals surface area contributed by atoms with Gasteiger partial charge in [0.15, 0.2) is 5.69 Å². The minimum absolute atomic E-state index is 0.0121. The van der Waals surface area contributed by atoms with E-state index in [1.807, 2.05) is 0 Å². The fourth-order valence-corrected chi connectivity index (χ4v) is 4.12. The number of carbonyl (C=O) groups is 3. The molecule has 37 heavy (non-hydrogen) atoms. The quantitative estimate of drug-likeness (QED) is 0.302. The van der Waals surface area contributed by atoms with Gasteiger partial charge in [-0.25, -0.2) is 19.6 Å². The normalized spacial score (nSPS) is 11.2. The molecule has 0 aromatic carbocycles. The monoisotopic (exact) mass is 538 g/mol. The van der Waals surface area contributed by atoms with E-state index in [4.69, 9.17) is 4.74 Å². The maximum absolute atomic E-state index is 13.8. The Kier molecular flexibility index (Phi) is 8.73. The summed E-state index contributed by atoms with van der Waals surface area (Å²) in [6.07, 6.45) is -1.28. The third-order valence-corrected chi connectivity index (χ3v) is 5.79. The first-order valence-corrected chi connectivity index (χ1v) is 11.5. The zero-order chi connectivity index (χ0) is 27.2. The van der Waals surface area contributed by atoms with E-state index in [1.54, 1.807) is 6.92 Å². The number of aromatic nitrogens is 3. The molecule has 3 amide bonds. The summed E-state index contributed by atoms with van der Waals surface area (Å²) in [6.45, 7) is 2.08. The Morgan fingerprint density at radius 3 is 2.51 bits per heavy atom. The SMILES string of the molecule is CCNC(=O)Nc1cc(-c2nc(C(F)(F)F)c(C(=O)NCCOC)s2)c(-c2cncc(C(=O)O)c2)cn1.